The van der Waals surface area contributed by atoms with Gasteiger partial charge in [-0.05, 0) is 24.6 Å². The van der Waals surface area contributed by atoms with E-state index in [0.29, 0.717) is 9.67 Å². The number of ether oxygens (including phenoxy) is 1. The van der Waals surface area contributed by atoms with Gasteiger partial charge in [-0.2, -0.15) is 0 Å². The Kier molecular flexibility index (Phi) is 2.12. The summed E-state index contributed by atoms with van der Waals surface area (Å²) in [6.45, 7) is 0.783. The Morgan fingerprint density at radius 1 is 1.50 bits per heavy atom. The average molecular weight is 276 g/mol. The van der Waals surface area contributed by atoms with E-state index in [1.807, 2.05) is 6.07 Å². The molecule has 2 rings (SSSR count). The van der Waals surface area contributed by atoms with Crippen molar-refractivity contribution in [3.63, 3.8) is 0 Å². The van der Waals surface area contributed by atoms with Crippen molar-refractivity contribution in [1.82, 2.24) is 0 Å². The molecule has 0 saturated heterocycles. The molecule has 0 saturated carbocycles. The molecule has 1 unspecified atom stereocenters. The lowest BCUT2D eigenvalue weighted by Crippen LogP contribution is -2.09. The van der Waals surface area contributed by atoms with Gasteiger partial charge in [0.2, 0.25) is 0 Å². The van der Waals surface area contributed by atoms with Crippen molar-refractivity contribution in [1.29, 1.82) is 0 Å². The fourth-order valence-corrected chi connectivity index (χ4v) is 2.08. The molecule has 1 aromatic carbocycles. The zero-order chi connectivity index (χ0) is 8.55. The van der Waals surface area contributed by atoms with Gasteiger partial charge in [0, 0.05) is 9.49 Å². The summed E-state index contributed by atoms with van der Waals surface area (Å²) in [6.07, 6.45) is 1.02. The number of alkyl halides is 1. The quantitative estimate of drug-likeness (QED) is 0.583. The van der Waals surface area contributed by atoms with Crippen LogP contribution >= 0.6 is 22.6 Å². The third-order valence-electron chi connectivity index (χ3n) is 1.96. The predicted molar refractivity (Wildman–Crippen MR) is 55.0 cm³/mol. The van der Waals surface area contributed by atoms with Crippen molar-refractivity contribution in [2.45, 2.75) is 10.3 Å². The highest BCUT2D eigenvalue weighted by molar-refractivity contribution is 14.1. The summed E-state index contributed by atoms with van der Waals surface area (Å²) in [6, 6.07) is 5.27. The number of phenolic OH excluding ortho intramolecular Hbond substituents is 1. The van der Waals surface area contributed by atoms with Crippen LogP contribution in [-0.4, -0.2) is 11.7 Å². The van der Waals surface area contributed by atoms with Crippen LogP contribution in [0.3, 0.4) is 0 Å². The second-order valence-corrected chi connectivity index (χ2v) is 4.33. The van der Waals surface area contributed by atoms with E-state index >= 15 is 0 Å². The summed E-state index contributed by atoms with van der Waals surface area (Å²) in [5.41, 5.74) is 1.11. The van der Waals surface area contributed by atoms with Gasteiger partial charge in [0.05, 0.1) is 6.61 Å². The summed E-state index contributed by atoms with van der Waals surface area (Å²) >= 11 is 2.37. The molecule has 0 fully saturated rings. The molecule has 2 nitrogen and oxygen atoms in total. The first-order chi connectivity index (χ1) is 5.77. The molecule has 0 spiro atoms. The Labute approximate surface area is 84.7 Å². The summed E-state index contributed by atoms with van der Waals surface area (Å²) in [7, 11) is 0. The minimum atomic E-state index is 0.320. The smallest absolute Gasteiger partial charge is 0.123 e. The summed E-state index contributed by atoms with van der Waals surface area (Å²) < 4.78 is 5.90. The highest BCUT2D eigenvalue weighted by Crippen LogP contribution is 2.39. The van der Waals surface area contributed by atoms with Gasteiger partial charge in [-0.15, -0.1) is 0 Å². The van der Waals surface area contributed by atoms with Crippen LogP contribution in [0.2, 0.25) is 0 Å². The largest absolute Gasteiger partial charge is 0.508 e. The molecule has 1 N–H and O–H groups in total. The second kappa shape index (κ2) is 3.12. The normalized spacial score (nSPS) is 21.2. The van der Waals surface area contributed by atoms with Gasteiger partial charge in [-0.1, -0.05) is 22.6 Å². The Hall–Kier alpha value is -0.450. The van der Waals surface area contributed by atoms with Crippen molar-refractivity contribution in [2.75, 3.05) is 6.61 Å². The van der Waals surface area contributed by atoms with E-state index in [-0.39, 0.29) is 0 Å². The molecule has 1 aliphatic heterocycles. The number of benzene rings is 1. The third-order valence-corrected chi connectivity index (χ3v) is 3.25. The fourth-order valence-electron chi connectivity index (χ4n) is 1.34. The molecule has 0 bridgehead atoms. The molecule has 12 heavy (non-hydrogen) atoms. The fraction of sp³-hybridized carbons (Fsp3) is 0.333. The molecule has 0 aliphatic carbocycles. The van der Waals surface area contributed by atoms with Crippen LogP contribution < -0.4 is 4.74 Å². The van der Waals surface area contributed by atoms with E-state index in [4.69, 9.17) is 4.74 Å². The Balaban J connectivity index is 2.47. The zero-order valence-electron chi connectivity index (χ0n) is 6.46. The number of rotatable bonds is 0. The SMILES string of the molecule is Oc1ccc2c(c1)C(I)CCO2. The molecule has 0 amide bonds. The molecular formula is C9H9IO2. The number of phenols is 1. The minimum absolute atomic E-state index is 0.320. The first kappa shape index (κ1) is 8.16. The molecule has 3 heteroatoms. The molecule has 0 aromatic heterocycles. The summed E-state index contributed by atoms with van der Waals surface area (Å²) in [4.78, 5) is 0. The Morgan fingerprint density at radius 3 is 3.17 bits per heavy atom. The number of hydrogen-bond acceptors (Lipinski definition) is 2. The summed E-state index contributed by atoms with van der Waals surface area (Å²) in [5, 5.41) is 9.25. The van der Waals surface area contributed by atoms with Crippen molar-refractivity contribution in [3.05, 3.63) is 23.8 Å². The van der Waals surface area contributed by atoms with E-state index in [2.05, 4.69) is 22.6 Å². The van der Waals surface area contributed by atoms with E-state index < -0.39 is 0 Å². The topological polar surface area (TPSA) is 29.5 Å². The highest BCUT2D eigenvalue weighted by atomic mass is 127. The van der Waals surface area contributed by atoms with Gasteiger partial charge in [-0.3, -0.25) is 0 Å². The Morgan fingerprint density at radius 2 is 2.33 bits per heavy atom. The maximum atomic E-state index is 9.25. The van der Waals surface area contributed by atoms with Crippen molar-refractivity contribution >= 4 is 22.6 Å². The third kappa shape index (κ3) is 1.37. The second-order valence-electron chi connectivity index (χ2n) is 2.83. The van der Waals surface area contributed by atoms with Gasteiger partial charge in [0.1, 0.15) is 11.5 Å². The number of aromatic hydroxyl groups is 1. The van der Waals surface area contributed by atoms with Crippen LogP contribution in [0.15, 0.2) is 18.2 Å². The van der Waals surface area contributed by atoms with E-state index in [0.717, 1.165) is 24.3 Å². The summed E-state index contributed by atoms with van der Waals surface area (Å²) in [5.74, 6) is 1.24. The lowest BCUT2D eigenvalue weighted by atomic mass is 10.1. The standard InChI is InChI=1S/C9H9IO2/c10-8-3-4-12-9-2-1-6(11)5-7(8)9/h1-2,5,8,11H,3-4H2. The van der Waals surface area contributed by atoms with E-state index in [9.17, 15) is 5.11 Å². The minimum Gasteiger partial charge on any atom is -0.508 e. The van der Waals surface area contributed by atoms with E-state index in [1.165, 1.54) is 0 Å². The van der Waals surface area contributed by atoms with Crippen LogP contribution in [0.4, 0.5) is 0 Å². The zero-order valence-corrected chi connectivity index (χ0v) is 8.61. The van der Waals surface area contributed by atoms with Crippen molar-refractivity contribution in [2.24, 2.45) is 0 Å². The maximum absolute atomic E-state index is 9.25. The predicted octanol–water partition coefficient (Wildman–Crippen LogP) is 2.65. The van der Waals surface area contributed by atoms with Gasteiger partial charge in [0.25, 0.3) is 0 Å². The van der Waals surface area contributed by atoms with Gasteiger partial charge in [-0.25, -0.2) is 0 Å². The highest BCUT2D eigenvalue weighted by Gasteiger charge is 2.18. The first-order valence-electron chi connectivity index (χ1n) is 3.87. The molecule has 1 aliphatic rings. The van der Waals surface area contributed by atoms with Crippen LogP contribution in [0.5, 0.6) is 11.5 Å². The molecule has 1 aromatic rings. The number of halogens is 1. The van der Waals surface area contributed by atoms with Gasteiger partial charge in [0.15, 0.2) is 0 Å². The van der Waals surface area contributed by atoms with Crippen molar-refractivity contribution in [3.8, 4) is 11.5 Å². The molecule has 1 heterocycles. The van der Waals surface area contributed by atoms with E-state index in [1.54, 1.807) is 12.1 Å². The van der Waals surface area contributed by atoms with Crippen LogP contribution in [0, 0.1) is 0 Å². The lowest BCUT2D eigenvalue weighted by molar-refractivity contribution is 0.288. The van der Waals surface area contributed by atoms with Crippen LogP contribution in [-0.2, 0) is 0 Å². The first-order valence-corrected chi connectivity index (χ1v) is 5.12. The average Bonchev–Trinajstić information content (AvgIpc) is 2.07. The molecular weight excluding hydrogens is 267 g/mol. The monoisotopic (exact) mass is 276 g/mol. The Bertz CT molecular complexity index is 299. The van der Waals surface area contributed by atoms with Crippen molar-refractivity contribution < 1.29 is 9.84 Å². The van der Waals surface area contributed by atoms with Crippen LogP contribution in [0.25, 0.3) is 0 Å². The van der Waals surface area contributed by atoms with Gasteiger partial charge < -0.3 is 9.84 Å². The molecule has 1 atom stereocenters. The molecule has 0 radical (unpaired) electrons. The molecule has 64 valence electrons. The van der Waals surface area contributed by atoms with Gasteiger partial charge >= 0.3 is 0 Å². The van der Waals surface area contributed by atoms with Crippen LogP contribution in [0.1, 0.15) is 15.9 Å². The number of fused-ring (bicyclic) bond motifs is 1. The number of hydrogen-bond donors (Lipinski definition) is 1. The maximum Gasteiger partial charge on any atom is 0.123 e. The lowest BCUT2D eigenvalue weighted by Gasteiger charge is -2.21.